The summed E-state index contributed by atoms with van der Waals surface area (Å²) in [6.07, 6.45) is -3.46. The van der Waals surface area contributed by atoms with Gasteiger partial charge in [-0.3, -0.25) is 19.2 Å². The number of benzene rings is 1. The Morgan fingerprint density at radius 2 is 1.38 bits per heavy atom. The Bertz CT molecular complexity index is 877. The highest BCUT2D eigenvalue weighted by Gasteiger charge is 2.34. The van der Waals surface area contributed by atoms with Gasteiger partial charge < -0.3 is 42.7 Å². The first kappa shape index (κ1) is 28.5. The van der Waals surface area contributed by atoms with E-state index in [4.69, 9.17) is 16.6 Å². The maximum Gasteiger partial charge on any atom is 0.328 e. The van der Waals surface area contributed by atoms with Crippen LogP contribution in [-0.2, 0) is 30.4 Å². The van der Waals surface area contributed by atoms with E-state index < -0.39 is 72.4 Å². The van der Waals surface area contributed by atoms with Crippen molar-refractivity contribution >= 4 is 29.6 Å². The van der Waals surface area contributed by atoms with Crippen LogP contribution < -0.4 is 27.4 Å². The number of aliphatic carboxylic acids is 1. The van der Waals surface area contributed by atoms with Crippen molar-refractivity contribution in [2.75, 3.05) is 0 Å². The molecule has 4 amide bonds. The van der Waals surface area contributed by atoms with Gasteiger partial charge in [0.05, 0.1) is 24.7 Å². The van der Waals surface area contributed by atoms with Crippen LogP contribution in [0.25, 0.3) is 0 Å². The van der Waals surface area contributed by atoms with Gasteiger partial charge in [-0.15, -0.1) is 0 Å². The van der Waals surface area contributed by atoms with E-state index in [1.165, 1.54) is 6.92 Å². The number of nitrogens with one attached hydrogen (secondary N) is 3. The molecule has 0 aliphatic carbocycles. The summed E-state index contributed by atoms with van der Waals surface area (Å²) in [6, 6.07) is 2.89. The molecule has 13 nitrogen and oxygen atoms in total. The van der Waals surface area contributed by atoms with Gasteiger partial charge in [-0.05, 0) is 25.8 Å². The Balaban J connectivity index is 2.93. The molecule has 10 N–H and O–H groups in total. The molecule has 188 valence electrons. The number of carbonyl (C=O) groups is 5. The predicted molar refractivity (Wildman–Crippen MR) is 119 cm³/mol. The minimum Gasteiger partial charge on any atom is -0.480 e. The molecule has 6 atom stereocenters. The van der Waals surface area contributed by atoms with Gasteiger partial charge in [0, 0.05) is 0 Å². The fraction of sp³-hybridized carbons (Fsp3) is 0.476. The van der Waals surface area contributed by atoms with E-state index in [0.717, 1.165) is 12.5 Å². The lowest BCUT2D eigenvalue weighted by Gasteiger charge is -2.26. The average Bonchev–Trinajstić information content (AvgIpc) is 2.74. The van der Waals surface area contributed by atoms with Gasteiger partial charge >= 0.3 is 5.97 Å². The highest BCUT2D eigenvalue weighted by Crippen LogP contribution is 2.04. The largest absolute Gasteiger partial charge is 0.480 e. The second-order valence-corrected chi connectivity index (χ2v) is 7.82. The number of primary amides is 1. The van der Waals surface area contributed by atoms with E-state index in [9.17, 15) is 34.2 Å². The molecule has 0 aliphatic heterocycles. The molecule has 0 spiro atoms. The average molecular weight is 482 g/mol. The molecular formula is C21H31N5O8. The van der Waals surface area contributed by atoms with Crippen LogP contribution in [0.5, 0.6) is 0 Å². The number of nitrogens with two attached hydrogens (primary N) is 2. The first-order chi connectivity index (χ1) is 15.8. The van der Waals surface area contributed by atoms with Crippen molar-refractivity contribution in [1.29, 1.82) is 0 Å². The smallest absolute Gasteiger partial charge is 0.328 e. The lowest BCUT2D eigenvalue weighted by molar-refractivity contribution is -0.145. The third kappa shape index (κ3) is 9.13. The quantitative estimate of drug-likeness (QED) is 0.141. The molecule has 1 rings (SSSR count). The topological polar surface area (TPSA) is 234 Å². The van der Waals surface area contributed by atoms with Gasteiger partial charge in [-0.1, -0.05) is 30.3 Å². The van der Waals surface area contributed by atoms with Crippen LogP contribution >= 0.6 is 0 Å². The number of amides is 4. The molecule has 0 aliphatic rings. The van der Waals surface area contributed by atoms with Crippen LogP contribution in [-0.4, -0.2) is 81.3 Å². The summed E-state index contributed by atoms with van der Waals surface area (Å²) in [5.41, 5.74) is 11.8. The molecule has 0 heterocycles. The van der Waals surface area contributed by atoms with Crippen molar-refractivity contribution in [3.8, 4) is 0 Å². The van der Waals surface area contributed by atoms with Crippen LogP contribution in [0.15, 0.2) is 30.3 Å². The summed E-state index contributed by atoms with van der Waals surface area (Å²) in [7, 11) is 0. The Morgan fingerprint density at radius 1 is 0.853 bits per heavy atom. The summed E-state index contributed by atoms with van der Waals surface area (Å²) in [4.78, 5) is 60.3. The van der Waals surface area contributed by atoms with Crippen molar-refractivity contribution in [2.45, 2.75) is 63.1 Å². The molecule has 34 heavy (non-hydrogen) atoms. The Labute approximate surface area is 195 Å². The Hall–Kier alpha value is -3.55. The number of hydrogen-bond donors (Lipinski definition) is 8. The van der Waals surface area contributed by atoms with E-state index in [0.29, 0.717) is 0 Å². The number of carbonyl (C=O) groups excluding carboxylic acids is 4. The Morgan fingerprint density at radius 3 is 1.85 bits per heavy atom. The lowest BCUT2D eigenvalue weighted by atomic mass is 10.0. The third-order valence-corrected chi connectivity index (χ3v) is 4.78. The zero-order chi connectivity index (χ0) is 26.0. The SMILES string of the molecule is CC(O)C(NC(=O)C(CC(N)=O)NC(=O)C(NC(=O)C(N)Cc1ccccc1)C(C)O)C(=O)O. The molecule has 0 radical (unpaired) electrons. The number of aliphatic hydroxyl groups is 2. The molecule has 0 fully saturated rings. The van der Waals surface area contributed by atoms with Crippen molar-refractivity contribution in [3.05, 3.63) is 35.9 Å². The van der Waals surface area contributed by atoms with Crippen LogP contribution in [0.1, 0.15) is 25.8 Å². The second-order valence-electron chi connectivity index (χ2n) is 7.82. The van der Waals surface area contributed by atoms with E-state index in [1.54, 1.807) is 30.3 Å². The minimum absolute atomic E-state index is 0.156. The van der Waals surface area contributed by atoms with Gasteiger partial charge in [0.1, 0.15) is 12.1 Å². The fourth-order valence-electron chi connectivity index (χ4n) is 2.94. The number of hydrogen-bond acceptors (Lipinski definition) is 8. The van der Waals surface area contributed by atoms with Gasteiger partial charge in [-0.2, -0.15) is 0 Å². The van der Waals surface area contributed by atoms with Crippen LogP contribution in [0, 0.1) is 0 Å². The number of carboxylic acids is 1. The van der Waals surface area contributed by atoms with E-state index in [1.807, 2.05) is 5.32 Å². The highest BCUT2D eigenvalue weighted by molar-refractivity contribution is 5.96. The summed E-state index contributed by atoms with van der Waals surface area (Å²) in [5, 5.41) is 35.1. The summed E-state index contributed by atoms with van der Waals surface area (Å²) < 4.78 is 0. The summed E-state index contributed by atoms with van der Waals surface area (Å²) >= 11 is 0. The first-order valence-corrected chi connectivity index (χ1v) is 10.4. The minimum atomic E-state index is -1.72. The fourth-order valence-corrected chi connectivity index (χ4v) is 2.94. The number of rotatable bonds is 13. The normalized spacial score (nSPS) is 16.1. The maximum absolute atomic E-state index is 12.7. The summed E-state index contributed by atoms with van der Waals surface area (Å²) in [5.74, 6) is -5.45. The van der Waals surface area contributed by atoms with Crippen LogP contribution in [0.4, 0.5) is 0 Å². The van der Waals surface area contributed by atoms with Gasteiger partial charge in [0.25, 0.3) is 0 Å². The zero-order valence-corrected chi connectivity index (χ0v) is 18.8. The molecule has 13 heteroatoms. The van der Waals surface area contributed by atoms with E-state index >= 15 is 0 Å². The standard InChI is InChI=1S/C21H31N5O8/c1-10(27)16(25-18(30)13(22)8-12-6-4-3-5-7-12)20(32)24-14(9-15(23)29)19(31)26-17(11(2)28)21(33)34/h3-7,10-11,13-14,16-17,27-28H,8-9,22H2,1-2H3,(H2,23,29)(H,24,32)(H,25,30)(H,26,31)(H,33,34). The van der Waals surface area contributed by atoms with Gasteiger partial charge in [0.2, 0.25) is 23.6 Å². The number of carboxylic acid groups (broad SMARTS) is 1. The van der Waals surface area contributed by atoms with Crippen molar-refractivity contribution < 1.29 is 39.3 Å². The van der Waals surface area contributed by atoms with Crippen molar-refractivity contribution in [3.63, 3.8) is 0 Å². The van der Waals surface area contributed by atoms with Gasteiger partial charge in [-0.25, -0.2) is 4.79 Å². The second kappa shape index (κ2) is 13.2. The zero-order valence-electron chi connectivity index (χ0n) is 18.8. The van der Waals surface area contributed by atoms with Crippen LogP contribution in [0.2, 0.25) is 0 Å². The maximum atomic E-state index is 12.7. The Kier molecular flexibility index (Phi) is 11.1. The predicted octanol–water partition coefficient (Wildman–Crippen LogP) is -3.27. The van der Waals surface area contributed by atoms with Gasteiger partial charge in [0.15, 0.2) is 6.04 Å². The highest BCUT2D eigenvalue weighted by atomic mass is 16.4. The molecule has 1 aromatic carbocycles. The molecule has 0 saturated carbocycles. The monoisotopic (exact) mass is 481 g/mol. The lowest BCUT2D eigenvalue weighted by Crippen LogP contribution is -2.61. The van der Waals surface area contributed by atoms with Crippen LogP contribution in [0.3, 0.4) is 0 Å². The first-order valence-electron chi connectivity index (χ1n) is 10.4. The molecule has 0 aromatic heterocycles. The third-order valence-electron chi connectivity index (χ3n) is 4.78. The molecule has 0 bridgehead atoms. The number of aliphatic hydroxyl groups excluding tert-OH is 2. The molecule has 1 aromatic rings. The molecule has 6 unspecified atom stereocenters. The van der Waals surface area contributed by atoms with Crippen molar-refractivity contribution in [1.82, 2.24) is 16.0 Å². The van der Waals surface area contributed by atoms with E-state index in [2.05, 4.69) is 10.6 Å². The molecule has 0 saturated heterocycles. The van der Waals surface area contributed by atoms with Crippen molar-refractivity contribution in [2.24, 2.45) is 11.5 Å². The van der Waals surface area contributed by atoms with E-state index in [-0.39, 0.29) is 6.42 Å². The molecular weight excluding hydrogens is 450 g/mol. The summed E-state index contributed by atoms with van der Waals surface area (Å²) in [6.45, 7) is 2.34.